The first-order valence-electron chi connectivity index (χ1n) is 7.09. The summed E-state index contributed by atoms with van der Waals surface area (Å²) in [5.41, 5.74) is 6.39. The summed E-state index contributed by atoms with van der Waals surface area (Å²) in [6, 6.07) is 0. The minimum absolute atomic E-state index is 0.431. The van der Waals surface area contributed by atoms with Gasteiger partial charge in [0.2, 0.25) is 0 Å². The quantitative estimate of drug-likeness (QED) is 0.905. The van der Waals surface area contributed by atoms with E-state index in [1.54, 1.807) is 11.3 Å². The summed E-state index contributed by atoms with van der Waals surface area (Å²) in [6.07, 6.45) is 7.02. The number of thiazole rings is 1. The SMILES string of the molecule is CC(C)(C)C1CCC(CN)C(Cc2nccs2)C1. The third kappa shape index (κ3) is 3.33. The second-order valence-electron chi connectivity index (χ2n) is 6.76. The molecule has 1 aromatic rings. The van der Waals surface area contributed by atoms with E-state index in [9.17, 15) is 0 Å². The molecule has 0 amide bonds. The Kier molecular flexibility index (Phi) is 4.44. The van der Waals surface area contributed by atoms with Gasteiger partial charge in [0.1, 0.15) is 0 Å². The summed E-state index contributed by atoms with van der Waals surface area (Å²) in [5.74, 6) is 2.27. The topological polar surface area (TPSA) is 38.9 Å². The lowest BCUT2D eigenvalue weighted by Gasteiger charge is -2.41. The third-order valence-electron chi connectivity index (χ3n) is 4.59. The van der Waals surface area contributed by atoms with Gasteiger partial charge in [-0.3, -0.25) is 0 Å². The summed E-state index contributed by atoms with van der Waals surface area (Å²) in [6.45, 7) is 7.97. The predicted molar refractivity (Wildman–Crippen MR) is 78.6 cm³/mol. The lowest BCUT2D eigenvalue weighted by Crippen LogP contribution is -2.36. The van der Waals surface area contributed by atoms with E-state index >= 15 is 0 Å². The maximum atomic E-state index is 5.96. The fourth-order valence-corrected chi connectivity index (χ4v) is 3.96. The van der Waals surface area contributed by atoms with E-state index in [1.165, 1.54) is 24.3 Å². The van der Waals surface area contributed by atoms with Crippen molar-refractivity contribution in [2.24, 2.45) is 28.9 Å². The number of rotatable bonds is 3. The van der Waals surface area contributed by atoms with Gasteiger partial charge in [-0.1, -0.05) is 20.8 Å². The van der Waals surface area contributed by atoms with Crippen molar-refractivity contribution in [3.63, 3.8) is 0 Å². The molecule has 0 aromatic carbocycles. The zero-order valence-corrected chi connectivity index (χ0v) is 12.7. The maximum absolute atomic E-state index is 5.96. The molecule has 0 aliphatic heterocycles. The van der Waals surface area contributed by atoms with Gasteiger partial charge in [0.15, 0.2) is 0 Å². The Hall–Kier alpha value is -0.410. The van der Waals surface area contributed by atoms with Gasteiger partial charge >= 0.3 is 0 Å². The Morgan fingerprint density at radius 1 is 1.33 bits per heavy atom. The van der Waals surface area contributed by atoms with Crippen molar-refractivity contribution in [2.75, 3.05) is 6.54 Å². The van der Waals surface area contributed by atoms with Crippen LogP contribution in [0.15, 0.2) is 11.6 Å². The standard InChI is InChI=1S/C15H26N2S/c1-15(2,3)13-5-4-11(10-16)12(8-13)9-14-17-6-7-18-14/h6-7,11-13H,4-5,8-10,16H2,1-3H3. The number of hydrogen-bond donors (Lipinski definition) is 1. The van der Waals surface area contributed by atoms with Crippen LogP contribution in [-0.2, 0) is 6.42 Å². The molecule has 1 fully saturated rings. The average molecular weight is 266 g/mol. The number of aromatic nitrogens is 1. The average Bonchev–Trinajstić information content (AvgIpc) is 2.80. The highest BCUT2D eigenvalue weighted by molar-refractivity contribution is 7.09. The molecule has 0 spiro atoms. The molecule has 1 saturated carbocycles. The van der Waals surface area contributed by atoms with Gasteiger partial charge in [-0.2, -0.15) is 0 Å². The maximum Gasteiger partial charge on any atom is 0.0927 e. The van der Waals surface area contributed by atoms with Crippen molar-refractivity contribution in [1.29, 1.82) is 0 Å². The lowest BCUT2D eigenvalue weighted by atomic mass is 9.65. The largest absolute Gasteiger partial charge is 0.330 e. The fourth-order valence-electron chi connectivity index (χ4n) is 3.25. The van der Waals surface area contributed by atoms with Gasteiger partial charge in [-0.05, 0) is 49.0 Å². The molecule has 3 atom stereocenters. The van der Waals surface area contributed by atoms with Crippen LogP contribution in [-0.4, -0.2) is 11.5 Å². The van der Waals surface area contributed by atoms with Crippen LogP contribution >= 0.6 is 11.3 Å². The molecule has 1 aliphatic carbocycles. The first-order valence-corrected chi connectivity index (χ1v) is 7.97. The van der Waals surface area contributed by atoms with Crippen LogP contribution in [0.2, 0.25) is 0 Å². The van der Waals surface area contributed by atoms with Crippen molar-refractivity contribution in [1.82, 2.24) is 4.98 Å². The van der Waals surface area contributed by atoms with Crippen LogP contribution in [0.3, 0.4) is 0 Å². The highest BCUT2D eigenvalue weighted by Crippen LogP contribution is 2.43. The van der Waals surface area contributed by atoms with E-state index in [2.05, 4.69) is 31.1 Å². The monoisotopic (exact) mass is 266 g/mol. The Morgan fingerprint density at radius 3 is 2.67 bits per heavy atom. The van der Waals surface area contributed by atoms with E-state index < -0.39 is 0 Å². The Labute approximate surface area is 115 Å². The second-order valence-corrected chi connectivity index (χ2v) is 7.74. The Balaban J connectivity index is 2.04. The molecule has 1 aliphatic rings. The molecule has 2 nitrogen and oxygen atoms in total. The minimum atomic E-state index is 0.431. The van der Waals surface area contributed by atoms with Crippen LogP contribution in [0.1, 0.15) is 45.0 Å². The van der Waals surface area contributed by atoms with E-state index in [0.717, 1.165) is 24.8 Å². The lowest BCUT2D eigenvalue weighted by molar-refractivity contribution is 0.101. The molecular weight excluding hydrogens is 240 g/mol. The summed E-state index contributed by atoms with van der Waals surface area (Å²) in [5, 5.41) is 3.37. The smallest absolute Gasteiger partial charge is 0.0927 e. The van der Waals surface area contributed by atoms with Gasteiger partial charge in [0.05, 0.1) is 5.01 Å². The van der Waals surface area contributed by atoms with Crippen LogP contribution < -0.4 is 5.73 Å². The van der Waals surface area contributed by atoms with Crippen molar-refractivity contribution in [3.05, 3.63) is 16.6 Å². The number of nitrogens with zero attached hydrogens (tertiary/aromatic N) is 1. The molecule has 3 heteroatoms. The zero-order chi connectivity index (χ0) is 13.2. The minimum Gasteiger partial charge on any atom is -0.330 e. The van der Waals surface area contributed by atoms with Crippen LogP contribution in [0.4, 0.5) is 0 Å². The van der Waals surface area contributed by atoms with Gasteiger partial charge in [0, 0.05) is 18.0 Å². The Bertz CT molecular complexity index is 353. The summed E-state index contributed by atoms with van der Waals surface area (Å²) >= 11 is 1.79. The third-order valence-corrected chi connectivity index (χ3v) is 5.39. The van der Waals surface area contributed by atoms with Crippen molar-refractivity contribution in [2.45, 2.75) is 46.5 Å². The van der Waals surface area contributed by atoms with Gasteiger partial charge in [-0.25, -0.2) is 4.98 Å². The van der Waals surface area contributed by atoms with Crippen molar-refractivity contribution in [3.8, 4) is 0 Å². The van der Waals surface area contributed by atoms with Gasteiger partial charge in [0.25, 0.3) is 0 Å². The Morgan fingerprint density at radius 2 is 2.11 bits per heavy atom. The normalized spacial score (nSPS) is 29.4. The molecule has 1 aromatic heterocycles. The summed E-state index contributed by atoms with van der Waals surface area (Å²) in [4.78, 5) is 4.44. The predicted octanol–water partition coefficient (Wildman–Crippen LogP) is 3.72. The fraction of sp³-hybridized carbons (Fsp3) is 0.800. The summed E-state index contributed by atoms with van der Waals surface area (Å²) < 4.78 is 0. The molecule has 0 saturated heterocycles. The van der Waals surface area contributed by atoms with E-state index in [-0.39, 0.29) is 0 Å². The second kappa shape index (κ2) is 5.70. The number of nitrogens with two attached hydrogens (primary N) is 1. The molecule has 102 valence electrons. The van der Waals surface area contributed by atoms with Crippen LogP contribution in [0.25, 0.3) is 0 Å². The van der Waals surface area contributed by atoms with Gasteiger partial charge < -0.3 is 5.73 Å². The molecule has 2 rings (SSSR count). The van der Waals surface area contributed by atoms with Crippen LogP contribution in [0, 0.1) is 23.2 Å². The van der Waals surface area contributed by atoms with E-state index in [1.807, 2.05) is 6.20 Å². The number of hydrogen-bond acceptors (Lipinski definition) is 3. The van der Waals surface area contributed by atoms with Crippen molar-refractivity contribution >= 4 is 11.3 Å². The van der Waals surface area contributed by atoms with Crippen molar-refractivity contribution < 1.29 is 0 Å². The molecule has 1 heterocycles. The molecule has 3 unspecified atom stereocenters. The molecule has 0 bridgehead atoms. The molecule has 0 radical (unpaired) electrons. The molecule has 18 heavy (non-hydrogen) atoms. The van der Waals surface area contributed by atoms with Crippen LogP contribution in [0.5, 0.6) is 0 Å². The first-order chi connectivity index (χ1) is 8.50. The highest BCUT2D eigenvalue weighted by Gasteiger charge is 2.35. The summed E-state index contributed by atoms with van der Waals surface area (Å²) in [7, 11) is 0. The zero-order valence-electron chi connectivity index (χ0n) is 11.9. The van der Waals surface area contributed by atoms with E-state index in [4.69, 9.17) is 5.73 Å². The van der Waals surface area contributed by atoms with E-state index in [0.29, 0.717) is 11.3 Å². The first kappa shape index (κ1) is 14.0. The highest BCUT2D eigenvalue weighted by atomic mass is 32.1. The van der Waals surface area contributed by atoms with Gasteiger partial charge in [-0.15, -0.1) is 11.3 Å². The molecule has 2 N–H and O–H groups in total. The molecular formula is C15H26N2S.